The highest BCUT2D eigenvalue weighted by atomic mass is 16.5. The van der Waals surface area contributed by atoms with E-state index in [2.05, 4.69) is 43.1 Å². The number of hydrogen-bond donors (Lipinski definition) is 1. The normalized spacial score (nSPS) is 20.9. The van der Waals surface area contributed by atoms with E-state index in [1.165, 1.54) is 5.69 Å². The number of nitrogens with one attached hydrogen (secondary N) is 1. The molecule has 1 fully saturated rings. The van der Waals surface area contributed by atoms with Gasteiger partial charge in [-0.05, 0) is 29.7 Å². The molecule has 0 saturated carbocycles. The van der Waals surface area contributed by atoms with E-state index in [1.807, 2.05) is 12.1 Å². The molecule has 2 rings (SSSR count). The van der Waals surface area contributed by atoms with Gasteiger partial charge in [-0.25, -0.2) is 0 Å². The molecule has 1 aliphatic heterocycles. The summed E-state index contributed by atoms with van der Waals surface area (Å²) in [6.07, 6.45) is 0. The van der Waals surface area contributed by atoms with E-state index in [0.717, 1.165) is 25.4 Å². The Hall–Kier alpha value is -1.22. The molecule has 1 aliphatic rings. The van der Waals surface area contributed by atoms with E-state index in [1.54, 1.807) is 7.11 Å². The molecule has 0 bridgehead atoms. The zero-order chi connectivity index (χ0) is 13.2. The summed E-state index contributed by atoms with van der Waals surface area (Å²) < 4.78 is 5.20. The smallest absolute Gasteiger partial charge is 0.119 e. The fraction of sp³-hybridized carbons (Fsp3) is 0.600. The standard InChI is InChI=1S/C15H24N2O/c1-15(2,3)14-11-17(10-9-16-14)12-5-7-13(18-4)8-6-12/h5-8,14,16H,9-11H2,1-4H3. The molecule has 0 spiro atoms. The summed E-state index contributed by atoms with van der Waals surface area (Å²) in [6.45, 7) is 10.1. The van der Waals surface area contributed by atoms with Gasteiger partial charge in [0.05, 0.1) is 7.11 Å². The van der Waals surface area contributed by atoms with Gasteiger partial charge >= 0.3 is 0 Å². The second-order valence-corrected chi connectivity index (χ2v) is 6.02. The summed E-state index contributed by atoms with van der Waals surface area (Å²) in [6, 6.07) is 8.88. The van der Waals surface area contributed by atoms with Crippen molar-refractivity contribution in [2.45, 2.75) is 26.8 Å². The minimum atomic E-state index is 0.297. The van der Waals surface area contributed by atoms with Gasteiger partial charge in [-0.2, -0.15) is 0 Å². The van der Waals surface area contributed by atoms with Gasteiger partial charge in [0.15, 0.2) is 0 Å². The summed E-state index contributed by atoms with van der Waals surface area (Å²) in [5, 5.41) is 3.61. The predicted octanol–water partition coefficient (Wildman–Crippen LogP) is 2.52. The molecule has 3 heteroatoms. The monoisotopic (exact) mass is 248 g/mol. The van der Waals surface area contributed by atoms with Crippen LogP contribution in [-0.2, 0) is 0 Å². The van der Waals surface area contributed by atoms with Gasteiger partial charge in [0.25, 0.3) is 0 Å². The minimum Gasteiger partial charge on any atom is -0.497 e. The number of ether oxygens (including phenoxy) is 1. The van der Waals surface area contributed by atoms with Crippen LogP contribution in [0.1, 0.15) is 20.8 Å². The maximum atomic E-state index is 5.20. The molecule has 0 aliphatic carbocycles. The Bertz CT molecular complexity index is 380. The van der Waals surface area contributed by atoms with E-state index < -0.39 is 0 Å². The summed E-state index contributed by atoms with van der Waals surface area (Å²) in [4.78, 5) is 2.45. The molecule has 1 saturated heterocycles. The number of hydrogen-bond acceptors (Lipinski definition) is 3. The minimum absolute atomic E-state index is 0.297. The number of rotatable bonds is 2. The Morgan fingerprint density at radius 3 is 2.44 bits per heavy atom. The van der Waals surface area contributed by atoms with Crippen LogP contribution in [0.5, 0.6) is 5.75 Å². The Labute approximate surface area is 110 Å². The topological polar surface area (TPSA) is 24.5 Å². The second-order valence-electron chi connectivity index (χ2n) is 6.02. The number of anilines is 1. The third kappa shape index (κ3) is 2.96. The van der Waals surface area contributed by atoms with Crippen molar-refractivity contribution in [1.82, 2.24) is 5.32 Å². The molecular weight excluding hydrogens is 224 g/mol. The highest BCUT2D eigenvalue weighted by molar-refractivity contribution is 5.49. The first kappa shape index (κ1) is 13.2. The van der Waals surface area contributed by atoms with Gasteiger partial charge in [0, 0.05) is 31.4 Å². The van der Waals surface area contributed by atoms with E-state index in [0.29, 0.717) is 11.5 Å². The molecule has 1 N–H and O–H groups in total. The van der Waals surface area contributed by atoms with Crippen molar-refractivity contribution in [1.29, 1.82) is 0 Å². The van der Waals surface area contributed by atoms with Crippen LogP contribution >= 0.6 is 0 Å². The van der Waals surface area contributed by atoms with Crippen LogP contribution in [0.4, 0.5) is 5.69 Å². The average molecular weight is 248 g/mol. The third-order valence-corrected chi connectivity index (χ3v) is 3.66. The van der Waals surface area contributed by atoms with Gasteiger partial charge in [-0.15, -0.1) is 0 Å². The summed E-state index contributed by atoms with van der Waals surface area (Å²) in [5.41, 5.74) is 1.58. The van der Waals surface area contributed by atoms with Crippen molar-refractivity contribution >= 4 is 5.69 Å². The summed E-state index contributed by atoms with van der Waals surface area (Å²) >= 11 is 0. The number of methoxy groups -OCH3 is 1. The van der Waals surface area contributed by atoms with Crippen LogP contribution in [0.2, 0.25) is 0 Å². The average Bonchev–Trinajstić information content (AvgIpc) is 2.38. The Balaban J connectivity index is 2.08. The number of benzene rings is 1. The molecule has 18 heavy (non-hydrogen) atoms. The first-order valence-electron chi connectivity index (χ1n) is 6.63. The molecule has 3 nitrogen and oxygen atoms in total. The molecule has 1 heterocycles. The van der Waals surface area contributed by atoms with Crippen LogP contribution in [0.25, 0.3) is 0 Å². The van der Waals surface area contributed by atoms with Crippen molar-refractivity contribution in [2.24, 2.45) is 5.41 Å². The quantitative estimate of drug-likeness (QED) is 0.870. The van der Waals surface area contributed by atoms with Gasteiger partial charge < -0.3 is 15.0 Å². The van der Waals surface area contributed by atoms with Crippen LogP contribution in [0.15, 0.2) is 24.3 Å². The molecule has 1 aromatic rings. The lowest BCUT2D eigenvalue weighted by molar-refractivity contribution is 0.254. The Morgan fingerprint density at radius 2 is 1.89 bits per heavy atom. The zero-order valence-corrected chi connectivity index (χ0v) is 11.9. The van der Waals surface area contributed by atoms with Gasteiger partial charge in [-0.3, -0.25) is 0 Å². The van der Waals surface area contributed by atoms with Crippen molar-refractivity contribution in [3.63, 3.8) is 0 Å². The lowest BCUT2D eigenvalue weighted by Crippen LogP contribution is -2.56. The first-order valence-corrected chi connectivity index (χ1v) is 6.63. The summed E-state index contributed by atoms with van der Waals surface area (Å²) in [7, 11) is 1.70. The molecule has 1 aromatic carbocycles. The molecule has 0 amide bonds. The van der Waals surface area contributed by atoms with E-state index in [-0.39, 0.29) is 0 Å². The molecular formula is C15H24N2O. The Kier molecular flexibility index (Phi) is 3.81. The molecule has 100 valence electrons. The predicted molar refractivity (Wildman–Crippen MR) is 76.5 cm³/mol. The second kappa shape index (κ2) is 5.19. The van der Waals surface area contributed by atoms with Crippen LogP contribution in [0.3, 0.4) is 0 Å². The van der Waals surface area contributed by atoms with Crippen molar-refractivity contribution in [2.75, 3.05) is 31.6 Å². The van der Waals surface area contributed by atoms with Crippen molar-refractivity contribution in [3.05, 3.63) is 24.3 Å². The van der Waals surface area contributed by atoms with E-state index in [4.69, 9.17) is 4.74 Å². The van der Waals surface area contributed by atoms with Crippen molar-refractivity contribution in [3.8, 4) is 5.75 Å². The first-order chi connectivity index (χ1) is 8.50. The zero-order valence-electron chi connectivity index (χ0n) is 11.9. The van der Waals surface area contributed by atoms with Gasteiger partial charge in [-0.1, -0.05) is 20.8 Å². The third-order valence-electron chi connectivity index (χ3n) is 3.66. The van der Waals surface area contributed by atoms with Crippen LogP contribution < -0.4 is 15.0 Å². The maximum Gasteiger partial charge on any atom is 0.119 e. The lowest BCUT2D eigenvalue weighted by Gasteiger charge is -2.41. The lowest BCUT2D eigenvalue weighted by atomic mass is 9.85. The Morgan fingerprint density at radius 1 is 1.22 bits per heavy atom. The fourth-order valence-electron chi connectivity index (χ4n) is 2.36. The van der Waals surface area contributed by atoms with Crippen LogP contribution in [0, 0.1) is 5.41 Å². The molecule has 0 radical (unpaired) electrons. The van der Waals surface area contributed by atoms with Gasteiger partial charge in [0.2, 0.25) is 0 Å². The molecule has 0 aromatic heterocycles. The maximum absolute atomic E-state index is 5.20. The molecule has 1 atom stereocenters. The van der Waals surface area contributed by atoms with E-state index >= 15 is 0 Å². The summed E-state index contributed by atoms with van der Waals surface area (Å²) in [5.74, 6) is 0.918. The van der Waals surface area contributed by atoms with Crippen molar-refractivity contribution < 1.29 is 4.74 Å². The molecule has 1 unspecified atom stereocenters. The van der Waals surface area contributed by atoms with Crippen LogP contribution in [-0.4, -0.2) is 32.8 Å². The number of piperazine rings is 1. The highest BCUT2D eigenvalue weighted by Gasteiger charge is 2.29. The number of nitrogens with zero attached hydrogens (tertiary/aromatic N) is 1. The van der Waals surface area contributed by atoms with Gasteiger partial charge in [0.1, 0.15) is 5.75 Å². The largest absolute Gasteiger partial charge is 0.497 e. The highest BCUT2D eigenvalue weighted by Crippen LogP contribution is 2.25. The fourth-order valence-corrected chi connectivity index (χ4v) is 2.36. The SMILES string of the molecule is COc1ccc(N2CCNC(C(C)(C)C)C2)cc1. The van der Waals surface area contributed by atoms with E-state index in [9.17, 15) is 0 Å².